The monoisotopic (exact) mass is 509 g/mol. The van der Waals surface area contributed by atoms with Gasteiger partial charge in [-0.25, -0.2) is 17.6 Å². The zero-order chi connectivity index (χ0) is 26.1. The highest BCUT2D eigenvalue weighted by Crippen LogP contribution is 2.62. The van der Waals surface area contributed by atoms with E-state index in [0.29, 0.717) is 11.1 Å². The Kier molecular flexibility index (Phi) is 4.96. The van der Waals surface area contributed by atoms with Crippen LogP contribution in [0.1, 0.15) is 16.7 Å². The summed E-state index contributed by atoms with van der Waals surface area (Å²) in [6.45, 7) is 0. The molecule has 0 bridgehead atoms. The number of benzene rings is 4. The van der Waals surface area contributed by atoms with Gasteiger partial charge in [0.05, 0.1) is 5.69 Å². The molecule has 1 aliphatic rings. The van der Waals surface area contributed by atoms with Crippen LogP contribution in [0.4, 0.5) is 30.7 Å². The minimum atomic E-state index is -5.27. The Morgan fingerprint density at radius 2 is 1.35 bits per heavy atom. The van der Waals surface area contributed by atoms with Crippen molar-refractivity contribution in [2.75, 3.05) is 0 Å². The third-order valence-corrected chi connectivity index (χ3v) is 6.91. The first kappa shape index (κ1) is 23.2. The van der Waals surface area contributed by atoms with Crippen LogP contribution in [0, 0.1) is 23.3 Å². The van der Waals surface area contributed by atoms with Crippen molar-refractivity contribution >= 4 is 10.8 Å². The standard InChI is InChI=1S/C29H14F7N/c30-23-21-19-11-10-16(27-18-9-5-4-6-15(18)12-13-37-27)14-20(19)28(29(34,35)36,17-7-2-1-3-8-17)22(21)24(31)26(33)25(23)32/h1-14H. The molecule has 0 fully saturated rings. The van der Waals surface area contributed by atoms with E-state index in [1.807, 2.05) is 6.07 Å². The van der Waals surface area contributed by atoms with Gasteiger partial charge >= 0.3 is 6.18 Å². The molecule has 4 aromatic carbocycles. The summed E-state index contributed by atoms with van der Waals surface area (Å²) in [5.41, 5.74) is -6.36. The van der Waals surface area contributed by atoms with Crippen molar-refractivity contribution in [1.29, 1.82) is 0 Å². The largest absolute Gasteiger partial charge is 0.406 e. The quantitative estimate of drug-likeness (QED) is 0.132. The Bertz CT molecular complexity index is 1700. The first-order valence-electron chi connectivity index (χ1n) is 11.2. The molecule has 0 N–H and O–H groups in total. The molecule has 1 heterocycles. The van der Waals surface area contributed by atoms with Crippen LogP contribution in [-0.2, 0) is 5.41 Å². The number of alkyl halides is 3. The van der Waals surface area contributed by atoms with Crippen LogP contribution in [0.5, 0.6) is 0 Å². The van der Waals surface area contributed by atoms with Gasteiger partial charge in [-0.1, -0.05) is 66.7 Å². The van der Waals surface area contributed by atoms with E-state index in [1.54, 1.807) is 24.3 Å². The van der Waals surface area contributed by atoms with Crippen molar-refractivity contribution < 1.29 is 30.7 Å². The van der Waals surface area contributed by atoms with Gasteiger partial charge in [-0.3, -0.25) is 4.98 Å². The molecule has 1 aromatic heterocycles. The molecular formula is C29H14F7N. The maximum absolute atomic E-state index is 15.4. The maximum atomic E-state index is 15.4. The molecular weight excluding hydrogens is 495 g/mol. The van der Waals surface area contributed by atoms with Crippen molar-refractivity contribution in [2.45, 2.75) is 11.6 Å². The molecule has 8 heteroatoms. The van der Waals surface area contributed by atoms with E-state index in [1.165, 1.54) is 36.5 Å². The van der Waals surface area contributed by atoms with Crippen LogP contribution in [0.15, 0.2) is 85.1 Å². The summed E-state index contributed by atoms with van der Waals surface area (Å²) in [6, 6.07) is 18.9. The van der Waals surface area contributed by atoms with Crippen LogP contribution < -0.4 is 0 Å². The average Bonchev–Trinajstić information content (AvgIpc) is 3.22. The minimum Gasteiger partial charge on any atom is -0.256 e. The first-order chi connectivity index (χ1) is 17.7. The fourth-order valence-corrected chi connectivity index (χ4v) is 5.39. The fraction of sp³-hybridized carbons (Fsp3) is 0.0690. The second kappa shape index (κ2) is 7.90. The maximum Gasteiger partial charge on any atom is 0.406 e. The first-order valence-corrected chi connectivity index (χ1v) is 11.2. The van der Waals surface area contributed by atoms with E-state index >= 15 is 22.0 Å². The lowest BCUT2D eigenvalue weighted by Crippen LogP contribution is -2.44. The van der Waals surface area contributed by atoms with Crippen LogP contribution in [0.25, 0.3) is 33.2 Å². The summed E-state index contributed by atoms with van der Waals surface area (Å²) >= 11 is 0. The molecule has 0 saturated carbocycles. The van der Waals surface area contributed by atoms with E-state index < -0.39 is 57.1 Å². The molecule has 1 nitrogen and oxygen atoms in total. The molecule has 1 aliphatic carbocycles. The molecule has 37 heavy (non-hydrogen) atoms. The molecule has 0 aliphatic heterocycles. The SMILES string of the molecule is Fc1c(F)c(F)c2c(c1F)-c1ccc(-c3nccc4ccccc34)cc1C2(c1ccccc1)C(F)(F)F. The topological polar surface area (TPSA) is 12.9 Å². The van der Waals surface area contributed by atoms with E-state index in [2.05, 4.69) is 4.98 Å². The fourth-order valence-electron chi connectivity index (χ4n) is 5.39. The van der Waals surface area contributed by atoms with Crippen LogP contribution >= 0.6 is 0 Å². The molecule has 0 saturated heterocycles. The number of aromatic nitrogens is 1. The van der Waals surface area contributed by atoms with E-state index in [9.17, 15) is 8.78 Å². The summed E-state index contributed by atoms with van der Waals surface area (Å²) in [5, 5.41) is 1.43. The van der Waals surface area contributed by atoms with Crippen molar-refractivity contribution in [3.63, 3.8) is 0 Å². The Balaban J connectivity index is 1.78. The van der Waals surface area contributed by atoms with Gasteiger partial charge in [0.2, 0.25) is 0 Å². The molecule has 6 rings (SSSR count). The summed E-state index contributed by atoms with van der Waals surface area (Å²) in [6.07, 6.45) is -3.77. The summed E-state index contributed by atoms with van der Waals surface area (Å²) < 4.78 is 105. The number of hydrogen-bond acceptors (Lipinski definition) is 1. The third-order valence-electron chi connectivity index (χ3n) is 6.91. The highest BCUT2D eigenvalue weighted by molar-refractivity contribution is 5.96. The molecule has 0 spiro atoms. The number of pyridine rings is 1. The summed E-state index contributed by atoms with van der Waals surface area (Å²) in [7, 11) is 0. The van der Waals surface area contributed by atoms with Crippen molar-refractivity contribution in [3.05, 3.63) is 125 Å². The molecule has 0 radical (unpaired) electrons. The molecule has 184 valence electrons. The second-order valence-corrected chi connectivity index (χ2v) is 8.76. The predicted molar refractivity (Wildman–Crippen MR) is 125 cm³/mol. The smallest absolute Gasteiger partial charge is 0.256 e. The second-order valence-electron chi connectivity index (χ2n) is 8.76. The van der Waals surface area contributed by atoms with Gasteiger partial charge in [-0.05, 0) is 34.2 Å². The minimum absolute atomic E-state index is 0.245. The van der Waals surface area contributed by atoms with E-state index in [-0.39, 0.29) is 11.1 Å². The number of rotatable bonds is 2. The highest BCUT2D eigenvalue weighted by Gasteiger charge is 2.65. The van der Waals surface area contributed by atoms with Gasteiger partial charge in [0.25, 0.3) is 0 Å². The Hall–Kier alpha value is -4.20. The average molecular weight is 509 g/mol. The summed E-state index contributed by atoms with van der Waals surface area (Å²) in [4.78, 5) is 4.35. The van der Waals surface area contributed by atoms with Gasteiger partial charge in [-0.2, -0.15) is 13.2 Å². The van der Waals surface area contributed by atoms with Gasteiger partial charge in [0, 0.05) is 28.3 Å². The zero-order valence-electron chi connectivity index (χ0n) is 18.7. The normalized spacial score (nSPS) is 16.6. The lowest BCUT2D eigenvalue weighted by molar-refractivity contribution is -0.166. The molecule has 1 unspecified atom stereocenters. The van der Waals surface area contributed by atoms with Gasteiger partial charge in [0.15, 0.2) is 23.3 Å². The third kappa shape index (κ3) is 3.01. The number of nitrogens with zero attached hydrogens (tertiary/aromatic N) is 1. The van der Waals surface area contributed by atoms with Crippen molar-refractivity contribution in [2.24, 2.45) is 0 Å². The van der Waals surface area contributed by atoms with Gasteiger partial charge in [-0.15, -0.1) is 0 Å². The zero-order valence-corrected chi connectivity index (χ0v) is 18.7. The van der Waals surface area contributed by atoms with Crippen molar-refractivity contribution in [1.82, 2.24) is 4.98 Å². The predicted octanol–water partition coefficient (Wildman–Crippen LogP) is 8.34. The molecule has 0 amide bonds. The van der Waals surface area contributed by atoms with Gasteiger partial charge < -0.3 is 0 Å². The van der Waals surface area contributed by atoms with Crippen LogP contribution in [0.3, 0.4) is 0 Å². The Morgan fingerprint density at radius 3 is 2.08 bits per heavy atom. The Labute approximate surface area is 205 Å². The van der Waals surface area contributed by atoms with E-state index in [4.69, 9.17) is 0 Å². The van der Waals surface area contributed by atoms with Crippen molar-refractivity contribution in [3.8, 4) is 22.4 Å². The van der Waals surface area contributed by atoms with E-state index in [0.717, 1.165) is 23.6 Å². The van der Waals surface area contributed by atoms with Crippen LogP contribution in [-0.4, -0.2) is 11.2 Å². The number of hydrogen-bond donors (Lipinski definition) is 0. The number of fused-ring (bicyclic) bond motifs is 4. The summed E-state index contributed by atoms with van der Waals surface area (Å²) in [5.74, 6) is -8.44. The number of halogens is 7. The molecule has 5 aromatic rings. The lowest BCUT2D eigenvalue weighted by atomic mass is 9.71. The highest BCUT2D eigenvalue weighted by atomic mass is 19.4. The lowest BCUT2D eigenvalue weighted by Gasteiger charge is -2.35. The Morgan fingerprint density at radius 1 is 0.676 bits per heavy atom. The molecule has 1 atom stereocenters. The van der Waals surface area contributed by atoms with Gasteiger partial charge in [0.1, 0.15) is 5.41 Å². The van der Waals surface area contributed by atoms with Crippen LogP contribution in [0.2, 0.25) is 0 Å².